The Morgan fingerprint density at radius 3 is 2.67 bits per heavy atom. The van der Waals surface area contributed by atoms with Gasteiger partial charge in [-0.05, 0) is 42.0 Å². The third-order valence-corrected chi connectivity index (χ3v) is 3.87. The molecule has 0 aliphatic carbocycles. The van der Waals surface area contributed by atoms with E-state index in [2.05, 4.69) is 10.3 Å². The van der Waals surface area contributed by atoms with E-state index in [0.717, 1.165) is 11.1 Å². The highest BCUT2D eigenvalue weighted by Crippen LogP contribution is 2.20. The van der Waals surface area contributed by atoms with Crippen LogP contribution in [0.3, 0.4) is 0 Å². The SMILES string of the molecule is COc1ccccc1CC(=O)NCc1ccnc(Oc2ccc(F)cc2)c1. The predicted molar refractivity (Wildman–Crippen MR) is 99.3 cm³/mol. The molecular formula is C21H19FN2O3. The van der Waals surface area contributed by atoms with Crippen LogP contribution in [0, 0.1) is 5.82 Å². The topological polar surface area (TPSA) is 60.5 Å². The molecule has 6 heteroatoms. The molecule has 0 fully saturated rings. The number of para-hydroxylation sites is 1. The number of amides is 1. The number of nitrogens with zero attached hydrogens (tertiary/aromatic N) is 1. The fourth-order valence-corrected chi connectivity index (χ4v) is 2.52. The van der Waals surface area contributed by atoms with Crippen LogP contribution < -0.4 is 14.8 Å². The lowest BCUT2D eigenvalue weighted by Gasteiger charge is -2.10. The number of hydrogen-bond acceptors (Lipinski definition) is 4. The summed E-state index contributed by atoms with van der Waals surface area (Å²) >= 11 is 0. The van der Waals surface area contributed by atoms with Gasteiger partial charge in [0.1, 0.15) is 17.3 Å². The molecule has 0 bridgehead atoms. The number of halogens is 1. The Morgan fingerprint density at radius 1 is 1.11 bits per heavy atom. The highest BCUT2D eigenvalue weighted by atomic mass is 19.1. The number of carbonyl (C=O) groups excluding carboxylic acids is 1. The van der Waals surface area contributed by atoms with Gasteiger partial charge >= 0.3 is 0 Å². The van der Waals surface area contributed by atoms with E-state index < -0.39 is 0 Å². The fraction of sp³-hybridized carbons (Fsp3) is 0.143. The number of hydrogen-bond donors (Lipinski definition) is 1. The average Bonchev–Trinajstić information content (AvgIpc) is 2.69. The lowest BCUT2D eigenvalue weighted by atomic mass is 10.1. The monoisotopic (exact) mass is 366 g/mol. The second-order valence-corrected chi connectivity index (χ2v) is 5.82. The van der Waals surface area contributed by atoms with E-state index in [1.54, 1.807) is 25.4 Å². The first kappa shape index (κ1) is 18.4. The molecule has 0 saturated heterocycles. The highest BCUT2D eigenvalue weighted by molar-refractivity contribution is 5.79. The number of ether oxygens (including phenoxy) is 2. The second kappa shape index (κ2) is 8.80. The van der Waals surface area contributed by atoms with Gasteiger partial charge in [0, 0.05) is 24.4 Å². The summed E-state index contributed by atoms with van der Waals surface area (Å²) in [7, 11) is 1.58. The Bertz CT molecular complexity index is 913. The van der Waals surface area contributed by atoms with Crippen molar-refractivity contribution in [3.05, 3.63) is 83.8 Å². The van der Waals surface area contributed by atoms with E-state index in [4.69, 9.17) is 9.47 Å². The lowest BCUT2D eigenvalue weighted by molar-refractivity contribution is -0.120. The number of methoxy groups -OCH3 is 1. The molecule has 0 aliphatic rings. The van der Waals surface area contributed by atoms with E-state index in [-0.39, 0.29) is 18.1 Å². The quantitative estimate of drug-likeness (QED) is 0.689. The van der Waals surface area contributed by atoms with Crippen LogP contribution >= 0.6 is 0 Å². The van der Waals surface area contributed by atoms with Gasteiger partial charge in [-0.25, -0.2) is 9.37 Å². The standard InChI is InChI=1S/C21H19FN2O3/c1-26-19-5-3-2-4-16(19)13-20(25)24-14-15-10-11-23-21(12-15)27-18-8-6-17(22)7-9-18/h2-12H,13-14H2,1H3,(H,24,25). The highest BCUT2D eigenvalue weighted by Gasteiger charge is 2.08. The molecule has 1 heterocycles. The van der Waals surface area contributed by atoms with Crippen LogP contribution in [0.5, 0.6) is 17.4 Å². The summed E-state index contributed by atoms with van der Waals surface area (Å²) in [4.78, 5) is 16.3. The molecule has 5 nitrogen and oxygen atoms in total. The van der Waals surface area contributed by atoms with Gasteiger partial charge in [0.15, 0.2) is 0 Å². The van der Waals surface area contributed by atoms with Crippen LogP contribution in [0.4, 0.5) is 4.39 Å². The van der Waals surface area contributed by atoms with E-state index in [0.29, 0.717) is 23.9 Å². The van der Waals surface area contributed by atoms with Gasteiger partial charge in [-0.1, -0.05) is 18.2 Å². The Hall–Kier alpha value is -3.41. The van der Waals surface area contributed by atoms with Crippen molar-refractivity contribution in [1.82, 2.24) is 10.3 Å². The fourth-order valence-electron chi connectivity index (χ4n) is 2.52. The Kier molecular flexibility index (Phi) is 5.99. The summed E-state index contributed by atoms with van der Waals surface area (Å²) in [6.45, 7) is 0.344. The summed E-state index contributed by atoms with van der Waals surface area (Å²) in [5.41, 5.74) is 1.67. The van der Waals surface area contributed by atoms with Crippen molar-refractivity contribution < 1.29 is 18.7 Å². The molecule has 0 saturated carbocycles. The number of carbonyl (C=O) groups is 1. The molecular weight excluding hydrogens is 347 g/mol. The van der Waals surface area contributed by atoms with Crippen molar-refractivity contribution in [3.63, 3.8) is 0 Å². The zero-order chi connectivity index (χ0) is 19.1. The molecule has 0 atom stereocenters. The summed E-state index contributed by atoms with van der Waals surface area (Å²) in [5.74, 6) is 1.10. The van der Waals surface area contributed by atoms with E-state index >= 15 is 0 Å². The summed E-state index contributed by atoms with van der Waals surface area (Å²) in [5, 5.41) is 2.87. The largest absolute Gasteiger partial charge is 0.496 e. The summed E-state index contributed by atoms with van der Waals surface area (Å²) in [6.07, 6.45) is 1.83. The minimum absolute atomic E-state index is 0.114. The predicted octanol–water partition coefficient (Wildman–Crippen LogP) is 3.88. The van der Waals surface area contributed by atoms with Crippen molar-refractivity contribution in [3.8, 4) is 17.4 Å². The first-order valence-electron chi connectivity index (χ1n) is 8.41. The van der Waals surface area contributed by atoms with Crippen molar-refractivity contribution in [2.75, 3.05) is 7.11 Å². The number of benzene rings is 2. The molecule has 0 spiro atoms. The molecule has 2 aromatic carbocycles. The van der Waals surface area contributed by atoms with Gasteiger partial charge in [-0.15, -0.1) is 0 Å². The molecule has 3 aromatic rings. The van der Waals surface area contributed by atoms with Crippen molar-refractivity contribution in [2.24, 2.45) is 0 Å². The maximum absolute atomic E-state index is 13.0. The average molecular weight is 366 g/mol. The molecule has 1 amide bonds. The zero-order valence-electron chi connectivity index (χ0n) is 14.8. The number of pyridine rings is 1. The number of rotatable bonds is 7. The van der Waals surface area contributed by atoms with Crippen molar-refractivity contribution in [1.29, 1.82) is 0 Å². The normalized spacial score (nSPS) is 10.3. The van der Waals surface area contributed by atoms with Crippen LogP contribution in [0.1, 0.15) is 11.1 Å². The first-order chi connectivity index (χ1) is 13.1. The molecule has 0 aliphatic heterocycles. The maximum Gasteiger partial charge on any atom is 0.224 e. The molecule has 1 aromatic heterocycles. The van der Waals surface area contributed by atoms with Gasteiger partial charge in [-0.2, -0.15) is 0 Å². The summed E-state index contributed by atoms with van der Waals surface area (Å²) in [6, 6.07) is 16.6. The third kappa shape index (κ3) is 5.28. The van der Waals surface area contributed by atoms with Gasteiger partial charge in [0.25, 0.3) is 0 Å². The van der Waals surface area contributed by atoms with E-state index in [9.17, 15) is 9.18 Å². The maximum atomic E-state index is 13.0. The van der Waals surface area contributed by atoms with Crippen LogP contribution in [0.15, 0.2) is 66.9 Å². The molecule has 27 heavy (non-hydrogen) atoms. The Balaban J connectivity index is 1.58. The van der Waals surface area contributed by atoms with Crippen LogP contribution in [0.2, 0.25) is 0 Å². The number of nitrogens with one attached hydrogen (secondary N) is 1. The molecule has 0 unspecified atom stereocenters. The van der Waals surface area contributed by atoms with E-state index in [1.165, 1.54) is 24.3 Å². The Morgan fingerprint density at radius 2 is 1.89 bits per heavy atom. The first-order valence-corrected chi connectivity index (χ1v) is 8.41. The summed E-state index contributed by atoms with van der Waals surface area (Å²) < 4.78 is 23.8. The minimum atomic E-state index is -0.332. The molecule has 0 radical (unpaired) electrons. The molecule has 138 valence electrons. The zero-order valence-corrected chi connectivity index (χ0v) is 14.8. The van der Waals surface area contributed by atoms with Gasteiger partial charge < -0.3 is 14.8 Å². The lowest BCUT2D eigenvalue weighted by Crippen LogP contribution is -2.24. The van der Waals surface area contributed by atoms with Crippen LogP contribution in [-0.4, -0.2) is 18.0 Å². The van der Waals surface area contributed by atoms with Crippen molar-refractivity contribution in [2.45, 2.75) is 13.0 Å². The Labute approximate surface area is 156 Å². The third-order valence-electron chi connectivity index (χ3n) is 3.87. The number of aromatic nitrogens is 1. The minimum Gasteiger partial charge on any atom is -0.496 e. The molecule has 1 N–H and O–H groups in total. The van der Waals surface area contributed by atoms with Gasteiger partial charge in [0.2, 0.25) is 11.8 Å². The van der Waals surface area contributed by atoms with Crippen molar-refractivity contribution >= 4 is 5.91 Å². The van der Waals surface area contributed by atoms with Gasteiger partial charge in [0.05, 0.1) is 13.5 Å². The van der Waals surface area contributed by atoms with E-state index in [1.807, 2.05) is 24.3 Å². The molecule has 3 rings (SSSR count). The van der Waals surface area contributed by atoms with Crippen LogP contribution in [0.25, 0.3) is 0 Å². The second-order valence-electron chi connectivity index (χ2n) is 5.82. The smallest absolute Gasteiger partial charge is 0.224 e. The van der Waals surface area contributed by atoms with Gasteiger partial charge in [-0.3, -0.25) is 4.79 Å². The van der Waals surface area contributed by atoms with Crippen LogP contribution in [-0.2, 0) is 17.8 Å².